The van der Waals surface area contributed by atoms with Gasteiger partial charge in [0.05, 0.1) is 12.0 Å². The molecule has 130 valence electrons. The van der Waals surface area contributed by atoms with Crippen molar-refractivity contribution >= 4 is 5.97 Å². The zero-order chi connectivity index (χ0) is 17.4. The van der Waals surface area contributed by atoms with Crippen LogP contribution < -0.4 is 0 Å². The normalized spacial score (nSPS) is 31.2. The predicted molar refractivity (Wildman–Crippen MR) is 95.3 cm³/mol. The largest absolute Gasteiger partial charge is 0.481 e. The van der Waals surface area contributed by atoms with Crippen molar-refractivity contribution in [3.8, 4) is 0 Å². The Hall–Kier alpha value is -2.17. The number of hydrogen-bond acceptors (Lipinski definition) is 3. The molecule has 25 heavy (non-hydrogen) atoms. The van der Waals surface area contributed by atoms with Gasteiger partial charge >= 0.3 is 5.97 Å². The fourth-order valence-corrected chi connectivity index (χ4v) is 4.72. The van der Waals surface area contributed by atoms with Gasteiger partial charge in [0.1, 0.15) is 0 Å². The maximum atomic E-state index is 11.6. The third-order valence-electron chi connectivity index (χ3n) is 5.88. The zero-order valence-electron chi connectivity index (χ0n) is 14.0. The molecule has 4 nitrogen and oxygen atoms in total. The van der Waals surface area contributed by atoms with E-state index in [1.807, 2.05) is 36.4 Å². The minimum atomic E-state index is -0.789. The van der Waals surface area contributed by atoms with Gasteiger partial charge in [0.15, 0.2) is 0 Å². The minimum Gasteiger partial charge on any atom is -0.481 e. The summed E-state index contributed by atoms with van der Waals surface area (Å²) >= 11 is 0. The molecule has 0 spiro atoms. The molecule has 2 bridgehead atoms. The number of carboxylic acids is 1. The summed E-state index contributed by atoms with van der Waals surface area (Å²) in [5.74, 6) is -1.38. The number of fused-ring (bicyclic) bond motifs is 3. The van der Waals surface area contributed by atoms with Crippen molar-refractivity contribution in [1.82, 2.24) is 4.90 Å². The summed E-state index contributed by atoms with van der Waals surface area (Å²) in [4.78, 5) is 13.8. The molecule has 5 atom stereocenters. The number of nitrogens with zero attached hydrogens (tertiary/aromatic N) is 1. The molecule has 0 saturated carbocycles. The summed E-state index contributed by atoms with van der Waals surface area (Å²) in [6, 6.07) is 20.4. The Morgan fingerprint density at radius 2 is 1.56 bits per heavy atom. The maximum absolute atomic E-state index is 11.6. The Balaban J connectivity index is 1.75. The van der Waals surface area contributed by atoms with Crippen LogP contribution >= 0.6 is 0 Å². The van der Waals surface area contributed by atoms with Crippen LogP contribution in [0.25, 0.3) is 0 Å². The van der Waals surface area contributed by atoms with E-state index in [-0.39, 0.29) is 17.9 Å². The van der Waals surface area contributed by atoms with E-state index in [1.165, 1.54) is 0 Å². The van der Waals surface area contributed by atoms with Crippen LogP contribution in [0.3, 0.4) is 0 Å². The Morgan fingerprint density at radius 1 is 1.00 bits per heavy atom. The van der Waals surface area contributed by atoms with E-state index in [1.54, 1.807) is 0 Å². The Kier molecular flexibility index (Phi) is 4.32. The Labute approximate surface area is 147 Å². The van der Waals surface area contributed by atoms with E-state index >= 15 is 0 Å². The van der Waals surface area contributed by atoms with Gasteiger partial charge in [0, 0.05) is 24.4 Å². The first-order chi connectivity index (χ1) is 12.2. The second-order valence-electron chi connectivity index (χ2n) is 7.17. The average Bonchev–Trinajstić information content (AvgIpc) is 2.66. The smallest absolute Gasteiger partial charge is 0.308 e. The first-order valence-electron chi connectivity index (χ1n) is 8.91. The van der Waals surface area contributed by atoms with Gasteiger partial charge in [-0.1, -0.05) is 60.7 Å². The summed E-state index contributed by atoms with van der Waals surface area (Å²) in [6.07, 6.45) is 0.124. The van der Waals surface area contributed by atoms with E-state index in [9.17, 15) is 15.0 Å². The highest BCUT2D eigenvalue weighted by molar-refractivity contribution is 5.71. The highest BCUT2D eigenvalue weighted by Crippen LogP contribution is 2.44. The fraction of sp³-hybridized carbons (Fsp3) is 0.381. The highest BCUT2D eigenvalue weighted by Gasteiger charge is 2.52. The van der Waals surface area contributed by atoms with Crippen LogP contribution in [0.2, 0.25) is 0 Å². The topological polar surface area (TPSA) is 60.8 Å². The molecule has 2 N–H and O–H groups in total. The number of piperidine rings is 3. The SMILES string of the molecule is O=C(O)[C@@H]1CN2CC[C@H]1[C@H](O)[C@H]2C(c1ccccc1)c1ccccc1. The minimum absolute atomic E-state index is 0.0370. The molecular formula is C21H23NO3. The number of aliphatic carboxylic acids is 1. The molecular weight excluding hydrogens is 314 g/mol. The van der Waals surface area contributed by atoms with Crippen molar-refractivity contribution in [2.75, 3.05) is 13.1 Å². The molecule has 0 radical (unpaired) electrons. The van der Waals surface area contributed by atoms with Crippen LogP contribution in [-0.2, 0) is 4.79 Å². The van der Waals surface area contributed by atoms with E-state index in [2.05, 4.69) is 29.2 Å². The number of carbonyl (C=O) groups is 1. The molecule has 0 aliphatic carbocycles. The monoisotopic (exact) mass is 337 g/mol. The maximum Gasteiger partial charge on any atom is 0.308 e. The molecule has 2 aromatic carbocycles. The lowest BCUT2D eigenvalue weighted by atomic mass is 9.68. The number of aliphatic hydroxyl groups excluding tert-OH is 1. The molecule has 3 aliphatic heterocycles. The van der Waals surface area contributed by atoms with Gasteiger partial charge in [-0.15, -0.1) is 0 Å². The second kappa shape index (κ2) is 6.62. The first-order valence-corrected chi connectivity index (χ1v) is 8.91. The lowest BCUT2D eigenvalue weighted by molar-refractivity contribution is -0.162. The van der Waals surface area contributed by atoms with Crippen LogP contribution in [0.4, 0.5) is 0 Å². The van der Waals surface area contributed by atoms with Gasteiger partial charge in [-0.25, -0.2) is 0 Å². The highest BCUT2D eigenvalue weighted by atomic mass is 16.4. The van der Waals surface area contributed by atoms with Crippen molar-refractivity contribution in [1.29, 1.82) is 0 Å². The molecule has 0 amide bonds. The molecule has 3 aliphatic rings. The fourth-order valence-electron chi connectivity index (χ4n) is 4.72. The summed E-state index contributed by atoms with van der Waals surface area (Å²) < 4.78 is 0. The molecule has 4 heteroatoms. The molecule has 3 heterocycles. The second-order valence-corrected chi connectivity index (χ2v) is 7.17. The quantitative estimate of drug-likeness (QED) is 0.900. The van der Waals surface area contributed by atoms with Crippen molar-refractivity contribution in [3.63, 3.8) is 0 Å². The molecule has 5 rings (SSSR count). The third-order valence-corrected chi connectivity index (χ3v) is 5.88. The molecule has 1 unspecified atom stereocenters. The van der Waals surface area contributed by atoms with Gasteiger partial charge in [-0.2, -0.15) is 0 Å². The van der Waals surface area contributed by atoms with Gasteiger partial charge in [0.25, 0.3) is 0 Å². The van der Waals surface area contributed by atoms with Crippen LogP contribution in [0, 0.1) is 11.8 Å². The lowest BCUT2D eigenvalue weighted by Crippen LogP contribution is -2.64. The summed E-state index contributed by atoms with van der Waals surface area (Å²) in [7, 11) is 0. The zero-order valence-corrected chi connectivity index (χ0v) is 14.0. The number of rotatable bonds is 4. The standard InChI is InChI=1S/C21H23NO3/c23-20-16-11-12-22(13-17(16)21(24)25)19(20)18(14-7-3-1-4-8-14)15-9-5-2-6-10-15/h1-10,16-20,23H,11-13H2,(H,24,25)/t16-,17-,19-,20+/m1/s1. The van der Waals surface area contributed by atoms with Crippen molar-refractivity contribution in [3.05, 3.63) is 71.8 Å². The Bertz CT molecular complexity index is 692. The average molecular weight is 337 g/mol. The van der Waals surface area contributed by atoms with Crippen LogP contribution in [0.15, 0.2) is 60.7 Å². The summed E-state index contributed by atoms with van der Waals surface area (Å²) in [5, 5.41) is 20.6. The summed E-state index contributed by atoms with van der Waals surface area (Å²) in [6.45, 7) is 1.38. The van der Waals surface area contributed by atoms with Gasteiger partial charge in [0.2, 0.25) is 0 Å². The van der Waals surface area contributed by atoms with Gasteiger partial charge in [-0.3, -0.25) is 9.69 Å². The lowest BCUT2D eigenvalue weighted by Gasteiger charge is -2.54. The number of carboxylic acid groups (broad SMARTS) is 1. The molecule has 3 saturated heterocycles. The Morgan fingerprint density at radius 3 is 2.04 bits per heavy atom. The van der Waals surface area contributed by atoms with E-state index < -0.39 is 18.0 Å². The number of hydrogen-bond donors (Lipinski definition) is 2. The predicted octanol–water partition coefficient (Wildman–Crippen LogP) is 2.58. The van der Waals surface area contributed by atoms with Crippen molar-refractivity contribution in [2.45, 2.75) is 24.5 Å². The van der Waals surface area contributed by atoms with E-state index in [0.717, 1.165) is 24.1 Å². The molecule has 2 aromatic rings. The number of aliphatic hydroxyl groups is 1. The first kappa shape index (κ1) is 16.3. The number of benzene rings is 2. The van der Waals surface area contributed by atoms with E-state index in [0.29, 0.717) is 6.54 Å². The van der Waals surface area contributed by atoms with Crippen LogP contribution in [0.5, 0.6) is 0 Å². The summed E-state index contributed by atoms with van der Waals surface area (Å²) in [5.41, 5.74) is 2.33. The van der Waals surface area contributed by atoms with Crippen molar-refractivity contribution < 1.29 is 15.0 Å². The van der Waals surface area contributed by atoms with E-state index in [4.69, 9.17) is 0 Å². The van der Waals surface area contributed by atoms with Crippen LogP contribution in [0.1, 0.15) is 23.5 Å². The van der Waals surface area contributed by atoms with Gasteiger partial charge < -0.3 is 10.2 Å². The molecule has 3 fully saturated rings. The van der Waals surface area contributed by atoms with Crippen LogP contribution in [-0.4, -0.2) is 46.3 Å². The molecule has 0 aromatic heterocycles. The van der Waals surface area contributed by atoms with Gasteiger partial charge in [-0.05, 0) is 24.1 Å². The third kappa shape index (κ3) is 2.86. The van der Waals surface area contributed by atoms with Crippen molar-refractivity contribution in [2.24, 2.45) is 11.8 Å².